The highest BCUT2D eigenvalue weighted by atomic mass is 35.5. The van der Waals surface area contributed by atoms with Gasteiger partial charge in [0, 0.05) is 18.7 Å². The van der Waals surface area contributed by atoms with Gasteiger partial charge in [-0.2, -0.15) is 0 Å². The van der Waals surface area contributed by atoms with Crippen molar-refractivity contribution in [3.8, 4) is 0 Å². The third-order valence-electron chi connectivity index (χ3n) is 3.60. The first kappa shape index (κ1) is 15.4. The van der Waals surface area contributed by atoms with Crippen molar-refractivity contribution in [2.75, 3.05) is 12.4 Å². The number of carbonyl (C=O) groups excluding carboxylic acids is 2. The molecule has 1 saturated carbocycles. The fourth-order valence-electron chi connectivity index (χ4n) is 2.70. The molecule has 18 heavy (non-hydrogen) atoms. The molecule has 0 aromatic rings. The molecule has 5 heteroatoms. The van der Waals surface area contributed by atoms with Crippen LogP contribution in [0.5, 0.6) is 0 Å². The minimum absolute atomic E-state index is 0.0550. The quantitative estimate of drug-likeness (QED) is 0.469. The van der Waals surface area contributed by atoms with Crippen molar-refractivity contribution < 1.29 is 9.59 Å². The molecule has 0 aromatic carbocycles. The van der Waals surface area contributed by atoms with Gasteiger partial charge in [0.15, 0.2) is 0 Å². The molecule has 2 rings (SSSR count). The Hall–Kier alpha value is -0.610. The van der Waals surface area contributed by atoms with Crippen molar-refractivity contribution in [3.63, 3.8) is 0 Å². The lowest BCUT2D eigenvalue weighted by atomic mass is 9.77. The second-order valence-electron chi connectivity index (χ2n) is 5.22. The number of hydrogen-bond donors (Lipinski definition) is 2. The molecule has 1 saturated heterocycles. The summed E-state index contributed by atoms with van der Waals surface area (Å²) in [5, 5.41) is 2.35. The zero-order chi connectivity index (χ0) is 13.4. The molecule has 1 heterocycles. The van der Waals surface area contributed by atoms with Gasteiger partial charge in [-0.1, -0.05) is 12.8 Å². The molecule has 104 valence electrons. The monoisotopic (exact) mass is 274 g/mol. The number of amides is 2. The highest BCUT2D eigenvalue weighted by Crippen LogP contribution is 2.45. The Labute approximate surface area is 114 Å². The molecule has 1 aliphatic carbocycles. The van der Waals surface area contributed by atoms with Gasteiger partial charge in [-0.3, -0.25) is 14.9 Å². The van der Waals surface area contributed by atoms with Crippen LogP contribution in [0.25, 0.3) is 0 Å². The van der Waals surface area contributed by atoms with Gasteiger partial charge in [0.05, 0.1) is 0 Å². The lowest BCUT2D eigenvalue weighted by molar-refractivity contribution is -0.137. The maximum absolute atomic E-state index is 11.1. The van der Waals surface area contributed by atoms with Crippen LogP contribution in [-0.2, 0) is 9.59 Å². The topological polar surface area (TPSA) is 72.2 Å². The summed E-state index contributed by atoms with van der Waals surface area (Å²) >= 11 is 5.32. The largest absolute Gasteiger partial charge is 0.330 e. The second-order valence-corrected chi connectivity index (χ2v) is 5.59. The lowest BCUT2D eigenvalue weighted by Gasteiger charge is -2.31. The van der Waals surface area contributed by atoms with Gasteiger partial charge in [0.1, 0.15) is 0 Å². The SMILES string of the molecule is NCCCCCl.O=C1CC2(CCCC2)CC(=O)N1. The van der Waals surface area contributed by atoms with Gasteiger partial charge in [0.25, 0.3) is 0 Å². The van der Waals surface area contributed by atoms with Crippen LogP contribution in [0.2, 0.25) is 0 Å². The molecule has 0 aromatic heterocycles. The van der Waals surface area contributed by atoms with Crippen LogP contribution in [0, 0.1) is 5.41 Å². The van der Waals surface area contributed by atoms with Gasteiger partial charge >= 0.3 is 0 Å². The molecule has 0 radical (unpaired) electrons. The Morgan fingerprint density at radius 1 is 1.11 bits per heavy atom. The maximum atomic E-state index is 11.1. The van der Waals surface area contributed by atoms with Crippen LogP contribution in [0.4, 0.5) is 0 Å². The predicted octanol–water partition coefficient (Wildman–Crippen LogP) is 1.95. The number of hydrogen-bond acceptors (Lipinski definition) is 3. The van der Waals surface area contributed by atoms with E-state index in [-0.39, 0.29) is 17.2 Å². The number of halogens is 1. The fourth-order valence-corrected chi connectivity index (χ4v) is 2.89. The number of alkyl halides is 1. The molecule has 2 amide bonds. The number of imide groups is 1. The summed E-state index contributed by atoms with van der Waals surface area (Å²) in [7, 11) is 0. The zero-order valence-corrected chi connectivity index (χ0v) is 11.6. The average molecular weight is 275 g/mol. The van der Waals surface area contributed by atoms with Gasteiger partial charge in [0.2, 0.25) is 11.8 Å². The standard InChI is InChI=1S/C9H13NO2.C4H10ClN/c11-7-5-9(3-1-2-4-9)6-8(12)10-7;5-3-1-2-4-6/h1-6H2,(H,10,11,12);1-4,6H2. The van der Waals surface area contributed by atoms with E-state index in [1.54, 1.807) is 0 Å². The average Bonchev–Trinajstić information content (AvgIpc) is 2.73. The molecule has 1 aliphatic heterocycles. The van der Waals surface area contributed by atoms with E-state index in [4.69, 9.17) is 17.3 Å². The van der Waals surface area contributed by atoms with Crippen LogP contribution >= 0.6 is 11.6 Å². The van der Waals surface area contributed by atoms with E-state index in [2.05, 4.69) is 5.32 Å². The molecule has 2 fully saturated rings. The first-order valence-corrected chi connectivity index (χ1v) is 7.24. The minimum Gasteiger partial charge on any atom is -0.330 e. The summed E-state index contributed by atoms with van der Waals surface area (Å²) in [6.07, 6.45) is 7.73. The highest BCUT2D eigenvalue weighted by molar-refractivity contribution is 6.17. The van der Waals surface area contributed by atoms with Gasteiger partial charge < -0.3 is 5.73 Å². The minimum atomic E-state index is -0.0758. The van der Waals surface area contributed by atoms with E-state index in [1.165, 1.54) is 12.8 Å². The van der Waals surface area contributed by atoms with Crippen LogP contribution in [0.15, 0.2) is 0 Å². The fraction of sp³-hybridized carbons (Fsp3) is 0.846. The first-order chi connectivity index (χ1) is 8.62. The van der Waals surface area contributed by atoms with Gasteiger partial charge in [-0.25, -0.2) is 0 Å². The first-order valence-electron chi connectivity index (χ1n) is 6.71. The van der Waals surface area contributed by atoms with E-state index in [0.29, 0.717) is 12.8 Å². The summed E-state index contributed by atoms with van der Waals surface area (Å²) < 4.78 is 0. The Kier molecular flexibility index (Phi) is 6.65. The van der Waals surface area contributed by atoms with Crippen molar-refractivity contribution in [2.24, 2.45) is 11.1 Å². The maximum Gasteiger partial charge on any atom is 0.227 e. The molecule has 4 nitrogen and oxygen atoms in total. The van der Waals surface area contributed by atoms with E-state index in [1.807, 2.05) is 0 Å². The highest BCUT2D eigenvalue weighted by Gasteiger charge is 2.41. The summed E-state index contributed by atoms with van der Waals surface area (Å²) in [5.74, 6) is 0.596. The number of piperidine rings is 1. The molecular formula is C13H23ClN2O2. The smallest absolute Gasteiger partial charge is 0.227 e. The normalized spacial score (nSPS) is 21.4. The molecular weight excluding hydrogens is 252 g/mol. The molecule has 1 spiro atoms. The van der Waals surface area contributed by atoms with Crippen LogP contribution in [-0.4, -0.2) is 24.2 Å². The Bertz CT molecular complexity index is 267. The predicted molar refractivity (Wildman–Crippen MR) is 72.3 cm³/mol. The molecule has 2 aliphatic rings. The molecule has 3 N–H and O–H groups in total. The van der Waals surface area contributed by atoms with E-state index in [0.717, 1.165) is 38.1 Å². The Balaban J connectivity index is 0.000000232. The summed E-state index contributed by atoms with van der Waals surface area (Å²) in [5.41, 5.74) is 5.21. The lowest BCUT2D eigenvalue weighted by Crippen LogP contribution is -2.43. The van der Waals surface area contributed by atoms with Crippen molar-refractivity contribution in [1.29, 1.82) is 0 Å². The number of unbranched alkanes of at least 4 members (excludes halogenated alkanes) is 1. The Morgan fingerprint density at radius 3 is 2.06 bits per heavy atom. The number of carbonyl (C=O) groups is 2. The number of rotatable bonds is 3. The summed E-state index contributed by atoms with van der Waals surface area (Å²) in [4.78, 5) is 22.2. The number of nitrogens with two attached hydrogens (primary N) is 1. The zero-order valence-electron chi connectivity index (χ0n) is 10.8. The van der Waals surface area contributed by atoms with Crippen molar-refractivity contribution in [2.45, 2.75) is 51.4 Å². The molecule has 0 bridgehead atoms. The Morgan fingerprint density at radius 2 is 1.67 bits per heavy atom. The van der Waals surface area contributed by atoms with Crippen molar-refractivity contribution in [1.82, 2.24) is 5.32 Å². The van der Waals surface area contributed by atoms with Crippen LogP contribution in [0.1, 0.15) is 51.4 Å². The van der Waals surface area contributed by atoms with Gasteiger partial charge in [-0.15, -0.1) is 11.6 Å². The summed E-state index contributed by atoms with van der Waals surface area (Å²) in [6, 6.07) is 0. The van der Waals surface area contributed by atoms with Gasteiger partial charge in [-0.05, 0) is 37.6 Å². The molecule has 0 unspecified atom stereocenters. The van der Waals surface area contributed by atoms with Crippen LogP contribution < -0.4 is 11.1 Å². The van der Waals surface area contributed by atoms with Crippen molar-refractivity contribution in [3.05, 3.63) is 0 Å². The number of nitrogens with one attached hydrogen (secondary N) is 1. The van der Waals surface area contributed by atoms with E-state index >= 15 is 0 Å². The summed E-state index contributed by atoms with van der Waals surface area (Å²) in [6.45, 7) is 0.771. The third kappa shape index (κ3) is 4.94. The second kappa shape index (κ2) is 7.74. The van der Waals surface area contributed by atoms with Crippen LogP contribution in [0.3, 0.4) is 0 Å². The van der Waals surface area contributed by atoms with Crippen molar-refractivity contribution >= 4 is 23.4 Å². The third-order valence-corrected chi connectivity index (χ3v) is 3.87. The van der Waals surface area contributed by atoms with E-state index in [9.17, 15) is 9.59 Å². The molecule has 0 atom stereocenters. The van der Waals surface area contributed by atoms with E-state index < -0.39 is 0 Å².